The monoisotopic (exact) mass is 308 g/mol. The van der Waals surface area contributed by atoms with Crippen molar-refractivity contribution in [3.63, 3.8) is 0 Å². The second-order valence-corrected chi connectivity index (χ2v) is 6.66. The molecule has 1 N–H and O–H groups in total. The van der Waals surface area contributed by atoms with E-state index in [1.54, 1.807) is 9.58 Å². The lowest BCUT2D eigenvalue weighted by atomic mass is 10.1. The summed E-state index contributed by atoms with van der Waals surface area (Å²) in [5, 5.41) is 7.21. The summed E-state index contributed by atoms with van der Waals surface area (Å²) in [5.41, 5.74) is 2.50. The molecule has 6 nitrogen and oxygen atoms in total. The first kappa shape index (κ1) is 18.2. The van der Waals surface area contributed by atoms with E-state index in [1.807, 2.05) is 48.6 Å². The lowest BCUT2D eigenvalue weighted by Crippen LogP contribution is -2.47. The second-order valence-electron chi connectivity index (χ2n) is 6.66. The number of amides is 2. The van der Waals surface area contributed by atoms with Crippen LogP contribution < -0.4 is 5.32 Å². The minimum atomic E-state index is -0.296. The first-order chi connectivity index (χ1) is 10.0. The number of nitrogens with zero attached hydrogens (tertiary/aromatic N) is 3. The molecule has 0 saturated carbocycles. The van der Waals surface area contributed by atoms with Gasteiger partial charge in [-0.05, 0) is 41.5 Å². The van der Waals surface area contributed by atoms with E-state index in [0.717, 1.165) is 17.0 Å². The zero-order chi connectivity index (χ0) is 17.1. The van der Waals surface area contributed by atoms with Crippen LogP contribution in [0, 0.1) is 13.8 Å². The first-order valence-electron chi connectivity index (χ1n) is 7.63. The predicted octanol–water partition coefficient (Wildman–Crippen LogP) is 1.34. The molecule has 1 heterocycles. The van der Waals surface area contributed by atoms with Crippen molar-refractivity contribution in [3.8, 4) is 0 Å². The molecular weight excluding hydrogens is 280 g/mol. The van der Waals surface area contributed by atoms with Gasteiger partial charge >= 0.3 is 0 Å². The van der Waals surface area contributed by atoms with Gasteiger partial charge in [0.2, 0.25) is 11.8 Å². The molecule has 0 bridgehead atoms. The van der Waals surface area contributed by atoms with Crippen molar-refractivity contribution in [3.05, 3.63) is 17.0 Å². The van der Waals surface area contributed by atoms with Crippen molar-refractivity contribution in [2.75, 3.05) is 13.1 Å². The molecule has 0 aliphatic heterocycles. The van der Waals surface area contributed by atoms with Gasteiger partial charge in [0.1, 0.15) is 0 Å². The van der Waals surface area contributed by atoms with Gasteiger partial charge in [-0.25, -0.2) is 0 Å². The number of aryl methyl sites for hydroxylation is 2. The van der Waals surface area contributed by atoms with E-state index in [1.165, 1.54) is 0 Å². The molecule has 22 heavy (non-hydrogen) atoms. The van der Waals surface area contributed by atoms with Crippen LogP contribution in [-0.2, 0) is 23.1 Å². The third-order valence-corrected chi connectivity index (χ3v) is 3.57. The number of carbonyl (C=O) groups is 2. The van der Waals surface area contributed by atoms with Crippen LogP contribution in [0.4, 0.5) is 0 Å². The molecule has 1 aromatic rings. The maximum Gasteiger partial charge on any atom is 0.240 e. The Morgan fingerprint density at radius 1 is 1.27 bits per heavy atom. The minimum Gasteiger partial charge on any atom is -0.350 e. The van der Waals surface area contributed by atoms with Crippen LogP contribution in [0.5, 0.6) is 0 Å². The van der Waals surface area contributed by atoms with Gasteiger partial charge in [-0.15, -0.1) is 0 Å². The van der Waals surface area contributed by atoms with Crippen LogP contribution in [0.3, 0.4) is 0 Å². The van der Waals surface area contributed by atoms with E-state index >= 15 is 0 Å². The van der Waals surface area contributed by atoms with Crippen LogP contribution in [0.1, 0.15) is 44.6 Å². The number of nitrogens with one attached hydrogen (secondary N) is 1. The highest BCUT2D eigenvalue weighted by molar-refractivity contribution is 5.86. The maximum atomic E-state index is 12.5. The largest absolute Gasteiger partial charge is 0.350 e. The number of aromatic nitrogens is 2. The molecule has 1 rings (SSSR count). The molecule has 0 atom stereocenters. The van der Waals surface area contributed by atoms with Crippen LogP contribution in [0.2, 0.25) is 0 Å². The van der Waals surface area contributed by atoms with E-state index in [2.05, 4.69) is 10.4 Å². The van der Waals surface area contributed by atoms with Crippen LogP contribution in [0.15, 0.2) is 0 Å². The Bertz CT molecular complexity index is 555. The summed E-state index contributed by atoms with van der Waals surface area (Å²) in [5.74, 6) is -0.187. The molecule has 0 fully saturated rings. The Labute approximate surface area is 132 Å². The van der Waals surface area contributed by atoms with Gasteiger partial charge in [0.15, 0.2) is 0 Å². The normalized spacial score (nSPS) is 11.4. The number of rotatable bonds is 5. The smallest absolute Gasteiger partial charge is 0.240 e. The Morgan fingerprint density at radius 2 is 1.86 bits per heavy atom. The van der Waals surface area contributed by atoms with E-state index in [-0.39, 0.29) is 30.3 Å². The van der Waals surface area contributed by atoms with Crippen molar-refractivity contribution >= 4 is 11.8 Å². The lowest BCUT2D eigenvalue weighted by molar-refractivity contribution is -0.135. The van der Waals surface area contributed by atoms with Gasteiger partial charge in [0, 0.05) is 30.4 Å². The highest BCUT2D eigenvalue weighted by Gasteiger charge is 2.21. The van der Waals surface area contributed by atoms with Crippen LogP contribution in [-0.4, -0.2) is 45.1 Å². The fourth-order valence-electron chi connectivity index (χ4n) is 2.34. The summed E-state index contributed by atoms with van der Waals surface area (Å²) >= 11 is 0. The molecule has 124 valence electrons. The Balaban J connectivity index is 2.75. The molecular formula is C16H28N4O2. The molecule has 0 aliphatic rings. The van der Waals surface area contributed by atoms with Crippen LogP contribution in [0.25, 0.3) is 0 Å². The molecule has 0 aliphatic carbocycles. The molecule has 0 spiro atoms. The third kappa shape index (κ3) is 4.86. The SMILES string of the molecule is CCN(CC(=O)NC(C)(C)C)C(=O)Cc1c(C)nn(C)c1C. The minimum absolute atomic E-state index is 0.0502. The van der Waals surface area contributed by atoms with E-state index in [9.17, 15) is 9.59 Å². The quantitative estimate of drug-likeness (QED) is 0.892. The van der Waals surface area contributed by atoms with Gasteiger partial charge < -0.3 is 10.2 Å². The molecule has 0 aromatic carbocycles. The zero-order valence-corrected chi connectivity index (χ0v) is 14.8. The van der Waals surface area contributed by atoms with Gasteiger partial charge in [-0.1, -0.05) is 0 Å². The highest BCUT2D eigenvalue weighted by Crippen LogP contribution is 2.13. The van der Waals surface area contributed by atoms with E-state index < -0.39 is 0 Å². The summed E-state index contributed by atoms with van der Waals surface area (Å²) in [6, 6.07) is 0. The zero-order valence-electron chi connectivity index (χ0n) is 14.8. The lowest BCUT2D eigenvalue weighted by Gasteiger charge is -2.25. The number of likely N-dealkylation sites (N-methyl/N-ethyl adjacent to an activating group) is 1. The standard InChI is InChI=1S/C16H28N4O2/c1-8-20(10-14(21)17-16(4,5)6)15(22)9-13-11(2)18-19(7)12(13)3/h8-10H2,1-7H3,(H,17,21). The fraction of sp³-hybridized carbons (Fsp3) is 0.688. The summed E-state index contributed by atoms with van der Waals surface area (Å²) in [6.45, 7) is 12.1. The van der Waals surface area contributed by atoms with Gasteiger partial charge in [-0.2, -0.15) is 5.10 Å². The number of hydrogen-bond donors (Lipinski definition) is 1. The molecule has 1 aromatic heterocycles. The highest BCUT2D eigenvalue weighted by atomic mass is 16.2. The molecule has 0 radical (unpaired) electrons. The second kappa shape index (κ2) is 6.94. The average Bonchev–Trinajstić information content (AvgIpc) is 2.60. The number of hydrogen-bond acceptors (Lipinski definition) is 3. The molecule has 2 amide bonds. The number of carbonyl (C=O) groups excluding carboxylic acids is 2. The topological polar surface area (TPSA) is 67.2 Å². The first-order valence-corrected chi connectivity index (χ1v) is 7.63. The summed E-state index contributed by atoms with van der Waals surface area (Å²) in [6.07, 6.45) is 0.280. The maximum absolute atomic E-state index is 12.5. The summed E-state index contributed by atoms with van der Waals surface area (Å²) in [4.78, 5) is 26.0. The molecule has 0 unspecified atom stereocenters. The van der Waals surface area contributed by atoms with Crippen molar-refractivity contribution in [1.29, 1.82) is 0 Å². The summed E-state index contributed by atoms with van der Waals surface area (Å²) < 4.78 is 1.78. The summed E-state index contributed by atoms with van der Waals surface area (Å²) in [7, 11) is 1.87. The van der Waals surface area contributed by atoms with E-state index in [4.69, 9.17) is 0 Å². The van der Waals surface area contributed by atoms with E-state index in [0.29, 0.717) is 6.54 Å². The van der Waals surface area contributed by atoms with Crippen molar-refractivity contribution < 1.29 is 9.59 Å². The van der Waals surface area contributed by atoms with Gasteiger partial charge in [0.05, 0.1) is 18.7 Å². The molecule has 6 heteroatoms. The average molecular weight is 308 g/mol. The predicted molar refractivity (Wildman–Crippen MR) is 86.5 cm³/mol. The Hall–Kier alpha value is -1.85. The Morgan fingerprint density at radius 3 is 2.27 bits per heavy atom. The fourth-order valence-corrected chi connectivity index (χ4v) is 2.34. The third-order valence-electron chi connectivity index (χ3n) is 3.57. The van der Waals surface area contributed by atoms with Crippen molar-refractivity contribution in [1.82, 2.24) is 20.0 Å². The van der Waals surface area contributed by atoms with Gasteiger partial charge in [-0.3, -0.25) is 14.3 Å². The van der Waals surface area contributed by atoms with Crippen molar-refractivity contribution in [2.24, 2.45) is 7.05 Å². The van der Waals surface area contributed by atoms with Crippen LogP contribution >= 0.6 is 0 Å². The Kier molecular flexibility index (Phi) is 5.74. The molecule has 0 saturated heterocycles. The van der Waals surface area contributed by atoms with Gasteiger partial charge in [0.25, 0.3) is 0 Å². The van der Waals surface area contributed by atoms with Crippen molar-refractivity contribution in [2.45, 2.75) is 53.5 Å².